The molecule has 94 valence electrons. The summed E-state index contributed by atoms with van der Waals surface area (Å²) in [4.78, 5) is 23.1. The minimum absolute atomic E-state index is 0.121. The van der Waals surface area contributed by atoms with Gasteiger partial charge < -0.3 is 11.1 Å². The Kier molecular flexibility index (Phi) is 3.13. The summed E-state index contributed by atoms with van der Waals surface area (Å²) in [6, 6.07) is 6.74. The lowest BCUT2D eigenvalue weighted by Crippen LogP contribution is -2.29. The molecule has 0 fully saturated rings. The van der Waals surface area contributed by atoms with E-state index in [1.54, 1.807) is 31.3 Å². The molecule has 0 aliphatic rings. The summed E-state index contributed by atoms with van der Waals surface area (Å²) in [5, 5.41) is 6.45. The normalized spacial score (nSPS) is 10.3. The maximum Gasteiger partial charge on any atom is 0.345 e. The van der Waals surface area contributed by atoms with E-state index in [1.165, 1.54) is 10.9 Å². The van der Waals surface area contributed by atoms with Crippen molar-refractivity contribution in [3.63, 3.8) is 0 Å². The fraction of sp³-hybridized carbons (Fsp3) is 0.182. The number of carbonyl (C=O) groups excluding carboxylic acids is 1. The first-order valence-electron chi connectivity index (χ1n) is 5.30. The zero-order valence-corrected chi connectivity index (χ0v) is 9.83. The number of hydrogen-bond donors (Lipinski definition) is 2. The molecule has 3 N–H and O–H groups in total. The van der Waals surface area contributed by atoms with E-state index in [2.05, 4.69) is 10.4 Å². The van der Waals surface area contributed by atoms with E-state index in [1.807, 2.05) is 0 Å². The van der Waals surface area contributed by atoms with E-state index in [0.29, 0.717) is 11.4 Å². The number of nitrogens with two attached hydrogens (primary N) is 1. The Hall–Kier alpha value is -2.57. The summed E-state index contributed by atoms with van der Waals surface area (Å²) in [6.45, 7) is -0.121. The Labute approximate surface area is 103 Å². The van der Waals surface area contributed by atoms with Crippen LogP contribution in [0, 0.1) is 0 Å². The molecule has 0 atom stereocenters. The smallest absolute Gasteiger partial charge is 0.345 e. The minimum Gasteiger partial charge on any atom is -0.399 e. The molecule has 1 aromatic carbocycles. The second-order valence-corrected chi connectivity index (χ2v) is 3.85. The summed E-state index contributed by atoms with van der Waals surface area (Å²) in [7, 11) is 1.57. The number of nitrogens with one attached hydrogen (secondary N) is 1. The SMILES string of the molecule is Cn1cnn(CC(=O)Nc2ccc(N)cc2)c1=O. The Morgan fingerprint density at radius 2 is 2.06 bits per heavy atom. The van der Waals surface area contributed by atoms with Crippen molar-refractivity contribution in [1.82, 2.24) is 14.3 Å². The van der Waals surface area contributed by atoms with Gasteiger partial charge in [-0.05, 0) is 24.3 Å². The van der Waals surface area contributed by atoms with Crippen molar-refractivity contribution >= 4 is 17.3 Å². The number of carbonyl (C=O) groups is 1. The first-order chi connectivity index (χ1) is 8.56. The third-order valence-electron chi connectivity index (χ3n) is 2.37. The van der Waals surface area contributed by atoms with Crippen molar-refractivity contribution in [3.8, 4) is 0 Å². The molecule has 0 bridgehead atoms. The maximum atomic E-state index is 11.7. The summed E-state index contributed by atoms with van der Waals surface area (Å²) in [5.41, 5.74) is 6.44. The van der Waals surface area contributed by atoms with Crippen LogP contribution in [0.25, 0.3) is 0 Å². The first-order valence-corrected chi connectivity index (χ1v) is 5.30. The van der Waals surface area contributed by atoms with Crippen molar-refractivity contribution in [3.05, 3.63) is 41.1 Å². The Morgan fingerprint density at radius 1 is 1.39 bits per heavy atom. The molecule has 2 rings (SSSR count). The highest BCUT2D eigenvalue weighted by Gasteiger charge is 2.07. The van der Waals surface area contributed by atoms with Crippen molar-refractivity contribution in [1.29, 1.82) is 0 Å². The molecule has 0 radical (unpaired) electrons. The number of rotatable bonds is 3. The Morgan fingerprint density at radius 3 is 2.61 bits per heavy atom. The van der Waals surface area contributed by atoms with Crippen molar-refractivity contribution < 1.29 is 4.79 Å². The minimum atomic E-state index is -0.331. The van der Waals surface area contributed by atoms with Gasteiger partial charge in [-0.25, -0.2) is 9.48 Å². The highest BCUT2D eigenvalue weighted by atomic mass is 16.2. The van der Waals surface area contributed by atoms with Gasteiger partial charge in [0.2, 0.25) is 5.91 Å². The van der Waals surface area contributed by atoms with E-state index < -0.39 is 0 Å². The summed E-state index contributed by atoms with van der Waals surface area (Å²) in [5.74, 6) is -0.319. The predicted molar refractivity (Wildman–Crippen MR) is 67.0 cm³/mol. The van der Waals surface area contributed by atoms with Gasteiger partial charge in [-0.1, -0.05) is 0 Å². The van der Waals surface area contributed by atoms with Gasteiger partial charge in [-0.2, -0.15) is 5.10 Å². The second-order valence-electron chi connectivity index (χ2n) is 3.85. The molecule has 0 spiro atoms. The van der Waals surface area contributed by atoms with Crippen LogP contribution in [0.1, 0.15) is 0 Å². The third kappa shape index (κ3) is 2.57. The van der Waals surface area contributed by atoms with E-state index in [0.717, 1.165) is 4.68 Å². The average Bonchev–Trinajstić information content (AvgIpc) is 2.64. The molecule has 1 aromatic heterocycles. The van der Waals surface area contributed by atoms with Crippen LogP contribution >= 0.6 is 0 Å². The molecular formula is C11H13N5O2. The standard InChI is InChI=1S/C11H13N5O2/c1-15-7-13-16(11(15)18)6-10(17)14-9-4-2-8(12)3-5-9/h2-5,7H,6,12H2,1H3,(H,14,17). The molecule has 0 unspecified atom stereocenters. The number of amides is 1. The molecular weight excluding hydrogens is 234 g/mol. The van der Waals surface area contributed by atoms with Crippen LogP contribution in [-0.4, -0.2) is 20.3 Å². The van der Waals surface area contributed by atoms with Gasteiger partial charge in [0.15, 0.2) is 0 Å². The van der Waals surface area contributed by atoms with Gasteiger partial charge in [0.05, 0.1) is 0 Å². The van der Waals surface area contributed by atoms with E-state index >= 15 is 0 Å². The van der Waals surface area contributed by atoms with Crippen LogP contribution < -0.4 is 16.7 Å². The lowest BCUT2D eigenvalue weighted by molar-refractivity contribution is -0.117. The third-order valence-corrected chi connectivity index (χ3v) is 2.37. The van der Waals surface area contributed by atoms with Crippen LogP contribution in [0.4, 0.5) is 11.4 Å². The molecule has 7 heteroatoms. The summed E-state index contributed by atoms with van der Waals surface area (Å²) in [6.07, 6.45) is 1.36. The highest BCUT2D eigenvalue weighted by molar-refractivity contribution is 5.90. The largest absolute Gasteiger partial charge is 0.399 e. The average molecular weight is 247 g/mol. The van der Waals surface area contributed by atoms with Gasteiger partial charge in [-0.15, -0.1) is 0 Å². The Bertz CT molecular complexity index is 611. The summed E-state index contributed by atoms with van der Waals surface area (Å²) < 4.78 is 2.39. The molecule has 0 saturated carbocycles. The lowest BCUT2D eigenvalue weighted by atomic mass is 10.3. The Balaban J connectivity index is 2.03. The van der Waals surface area contributed by atoms with Gasteiger partial charge in [0.1, 0.15) is 12.9 Å². The highest BCUT2D eigenvalue weighted by Crippen LogP contribution is 2.10. The van der Waals surface area contributed by atoms with E-state index in [4.69, 9.17) is 5.73 Å². The monoisotopic (exact) mass is 247 g/mol. The van der Waals surface area contributed by atoms with Crippen LogP contribution in [0.5, 0.6) is 0 Å². The topological polar surface area (TPSA) is 94.9 Å². The lowest BCUT2D eigenvalue weighted by Gasteiger charge is -2.04. The summed E-state index contributed by atoms with van der Waals surface area (Å²) >= 11 is 0. The molecule has 0 aliphatic carbocycles. The van der Waals surface area contributed by atoms with E-state index in [-0.39, 0.29) is 18.1 Å². The number of nitrogen functional groups attached to an aromatic ring is 1. The van der Waals surface area contributed by atoms with Gasteiger partial charge in [0.25, 0.3) is 0 Å². The molecule has 0 saturated heterocycles. The zero-order chi connectivity index (χ0) is 13.1. The van der Waals surface area contributed by atoms with Crippen LogP contribution in [-0.2, 0) is 18.4 Å². The number of hydrogen-bond acceptors (Lipinski definition) is 4. The molecule has 1 amide bonds. The fourth-order valence-electron chi connectivity index (χ4n) is 1.43. The number of anilines is 2. The van der Waals surface area contributed by atoms with Crippen LogP contribution in [0.3, 0.4) is 0 Å². The molecule has 18 heavy (non-hydrogen) atoms. The quantitative estimate of drug-likeness (QED) is 0.734. The van der Waals surface area contributed by atoms with Crippen molar-refractivity contribution in [2.75, 3.05) is 11.1 Å². The van der Waals surface area contributed by atoms with Gasteiger partial charge in [-0.3, -0.25) is 9.36 Å². The molecule has 0 aliphatic heterocycles. The maximum absolute atomic E-state index is 11.7. The van der Waals surface area contributed by atoms with Crippen LogP contribution in [0.2, 0.25) is 0 Å². The van der Waals surface area contributed by atoms with Gasteiger partial charge >= 0.3 is 5.69 Å². The molecule has 7 nitrogen and oxygen atoms in total. The van der Waals surface area contributed by atoms with Crippen LogP contribution in [0.15, 0.2) is 35.4 Å². The number of aromatic nitrogens is 3. The number of benzene rings is 1. The van der Waals surface area contributed by atoms with E-state index in [9.17, 15) is 9.59 Å². The molecule has 1 heterocycles. The van der Waals surface area contributed by atoms with Crippen molar-refractivity contribution in [2.45, 2.75) is 6.54 Å². The molecule has 2 aromatic rings. The zero-order valence-electron chi connectivity index (χ0n) is 9.83. The second kappa shape index (κ2) is 4.74. The van der Waals surface area contributed by atoms with Crippen molar-refractivity contribution in [2.24, 2.45) is 7.05 Å². The first kappa shape index (κ1) is 11.9. The predicted octanol–water partition coefficient (Wildman–Crippen LogP) is -0.197. The van der Waals surface area contributed by atoms with Gasteiger partial charge in [0, 0.05) is 18.4 Å². The number of nitrogens with zero attached hydrogens (tertiary/aromatic N) is 3. The number of aryl methyl sites for hydroxylation is 1. The fourth-order valence-corrected chi connectivity index (χ4v) is 1.43.